The number of aromatic hydroxyl groups is 1. The molecule has 1 amide bonds. The van der Waals surface area contributed by atoms with Gasteiger partial charge in [0.15, 0.2) is 0 Å². The van der Waals surface area contributed by atoms with E-state index in [2.05, 4.69) is 5.32 Å². The molecule has 1 aromatic rings. The van der Waals surface area contributed by atoms with Crippen LogP contribution in [0.15, 0.2) is 18.2 Å². The van der Waals surface area contributed by atoms with Gasteiger partial charge in [0.25, 0.3) is 5.91 Å². The highest BCUT2D eigenvalue weighted by Gasteiger charge is 2.25. The molecule has 1 saturated heterocycles. The minimum atomic E-state index is -2.92. The number of hydrogen-bond acceptors (Lipinski definition) is 4. The SMILES string of the molecule is Cc1c(O)cccc1C(=O)NC1CCS(=O)(=O)CC1. The van der Waals surface area contributed by atoms with Gasteiger partial charge in [-0.15, -0.1) is 0 Å². The van der Waals surface area contributed by atoms with Crippen LogP contribution in [0.5, 0.6) is 5.75 Å². The van der Waals surface area contributed by atoms with E-state index in [0.717, 1.165) is 0 Å². The smallest absolute Gasteiger partial charge is 0.251 e. The maximum atomic E-state index is 12.1. The van der Waals surface area contributed by atoms with Crippen molar-refractivity contribution in [2.75, 3.05) is 11.5 Å². The number of nitrogens with one attached hydrogen (secondary N) is 1. The molecule has 0 aliphatic carbocycles. The second kappa shape index (κ2) is 5.21. The zero-order valence-corrected chi connectivity index (χ0v) is 11.5. The summed E-state index contributed by atoms with van der Waals surface area (Å²) in [5, 5.41) is 12.4. The first-order chi connectivity index (χ1) is 8.89. The van der Waals surface area contributed by atoms with Crippen LogP contribution in [0.4, 0.5) is 0 Å². The van der Waals surface area contributed by atoms with Crippen molar-refractivity contribution in [3.8, 4) is 5.75 Å². The van der Waals surface area contributed by atoms with Crippen LogP contribution in [-0.4, -0.2) is 37.0 Å². The normalized spacial score (nSPS) is 19.0. The third-order valence-electron chi connectivity index (χ3n) is 3.44. The number of sulfone groups is 1. The first-order valence-corrected chi connectivity index (χ1v) is 8.01. The fourth-order valence-electron chi connectivity index (χ4n) is 2.17. The number of rotatable bonds is 2. The highest BCUT2D eigenvalue weighted by molar-refractivity contribution is 7.91. The molecule has 19 heavy (non-hydrogen) atoms. The van der Waals surface area contributed by atoms with E-state index in [9.17, 15) is 18.3 Å². The van der Waals surface area contributed by atoms with Gasteiger partial charge in [-0.1, -0.05) is 6.07 Å². The Balaban J connectivity index is 2.04. The van der Waals surface area contributed by atoms with Crippen molar-refractivity contribution in [3.63, 3.8) is 0 Å². The van der Waals surface area contributed by atoms with Crippen molar-refractivity contribution in [1.29, 1.82) is 0 Å². The molecule has 2 rings (SSSR count). The van der Waals surface area contributed by atoms with Crippen molar-refractivity contribution in [3.05, 3.63) is 29.3 Å². The molecule has 0 spiro atoms. The van der Waals surface area contributed by atoms with E-state index >= 15 is 0 Å². The molecule has 0 atom stereocenters. The Bertz CT molecular complexity index is 581. The van der Waals surface area contributed by atoms with Crippen molar-refractivity contribution in [2.45, 2.75) is 25.8 Å². The Morgan fingerprint density at radius 1 is 1.32 bits per heavy atom. The maximum Gasteiger partial charge on any atom is 0.251 e. The average molecular weight is 283 g/mol. The standard InChI is InChI=1S/C13H17NO4S/c1-9-11(3-2-4-12(9)15)13(16)14-10-5-7-19(17,18)8-6-10/h2-4,10,15H,5-8H2,1H3,(H,14,16). The Morgan fingerprint density at radius 2 is 1.95 bits per heavy atom. The summed E-state index contributed by atoms with van der Waals surface area (Å²) in [6, 6.07) is 4.67. The number of benzene rings is 1. The van der Waals surface area contributed by atoms with Gasteiger partial charge in [0.1, 0.15) is 15.6 Å². The van der Waals surface area contributed by atoms with E-state index in [0.29, 0.717) is 24.0 Å². The minimum Gasteiger partial charge on any atom is -0.508 e. The summed E-state index contributed by atoms with van der Waals surface area (Å²) in [6.07, 6.45) is 0.901. The second-order valence-electron chi connectivity index (χ2n) is 4.85. The summed E-state index contributed by atoms with van der Waals surface area (Å²) in [7, 11) is -2.92. The molecular weight excluding hydrogens is 266 g/mol. The topological polar surface area (TPSA) is 83.5 Å². The Labute approximate surface area is 112 Å². The van der Waals surface area contributed by atoms with Crippen molar-refractivity contribution in [1.82, 2.24) is 5.32 Å². The molecule has 104 valence electrons. The van der Waals surface area contributed by atoms with Crippen LogP contribution >= 0.6 is 0 Å². The zero-order chi connectivity index (χ0) is 14.0. The van der Waals surface area contributed by atoms with E-state index < -0.39 is 9.84 Å². The fraction of sp³-hybridized carbons (Fsp3) is 0.462. The monoisotopic (exact) mass is 283 g/mol. The van der Waals surface area contributed by atoms with Crippen LogP contribution in [0.25, 0.3) is 0 Å². The number of phenolic OH excluding ortho intramolecular Hbond substituents is 1. The van der Waals surface area contributed by atoms with Gasteiger partial charge in [0, 0.05) is 17.2 Å². The van der Waals surface area contributed by atoms with Crippen molar-refractivity contribution < 1.29 is 18.3 Å². The van der Waals surface area contributed by atoms with Gasteiger partial charge in [0.05, 0.1) is 11.5 Å². The Hall–Kier alpha value is -1.56. The van der Waals surface area contributed by atoms with E-state index in [-0.39, 0.29) is 29.2 Å². The summed E-state index contributed by atoms with van der Waals surface area (Å²) >= 11 is 0. The van der Waals surface area contributed by atoms with Crippen molar-refractivity contribution >= 4 is 15.7 Å². The number of hydrogen-bond donors (Lipinski definition) is 2. The molecule has 0 radical (unpaired) electrons. The molecule has 0 bridgehead atoms. The molecule has 1 aliphatic rings. The van der Waals surface area contributed by atoms with Gasteiger partial charge >= 0.3 is 0 Å². The van der Waals surface area contributed by atoms with E-state index in [1.807, 2.05) is 0 Å². The third kappa shape index (κ3) is 3.26. The Kier molecular flexibility index (Phi) is 3.80. The van der Waals surface area contributed by atoms with Gasteiger partial charge in [0.2, 0.25) is 0 Å². The van der Waals surface area contributed by atoms with Crippen LogP contribution in [0.2, 0.25) is 0 Å². The van der Waals surface area contributed by atoms with E-state index in [1.165, 1.54) is 6.07 Å². The van der Waals surface area contributed by atoms with Crippen LogP contribution in [0, 0.1) is 6.92 Å². The third-order valence-corrected chi connectivity index (χ3v) is 5.16. The molecule has 5 nitrogen and oxygen atoms in total. The number of carbonyl (C=O) groups excluding carboxylic acids is 1. The predicted octanol–water partition coefficient (Wildman–Crippen LogP) is 1.01. The predicted molar refractivity (Wildman–Crippen MR) is 72.0 cm³/mol. The summed E-state index contributed by atoms with van der Waals surface area (Å²) in [5.41, 5.74) is 0.955. The molecular formula is C13H17NO4S. The van der Waals surface area contributed by atoms with Crippen molar-refractivity contribution in [2.24, 2.45) is 0 Å². The second-order valence-corrected chi connectivity index (χ2v) is 7.15. The zero-order valence-electron chi connectivity index (χ0n) is 10.7. The lowest BCUT2D eigenvalue weighted by atomic mass is 10.1. The van der Waals surface area contributed by atoms with E-state index in [1.54, 1.807) is 19.1 Å². The van der Waals surface area contributed by atoms with Crippen LogP contribution in [0.3, 0.4) is 0 Å². The largest absolute Gasteiger partial charge is 0.508 e. The van der Waals surface area contributed by atoms with Gasteiger partial charge in [-0.3, -0.25) is 4.79 Å². The molecule has 1 aromatic carbocycles. The van der Waals surface area contributed by atoms with Crippen LogP contribution in [0.1, 0.15) is 28.8 Å². The van der Waals surface area contributed by atoms with E-state index in [4.69, 9.17) is 0 Å². The first kappa shape index (κ1) is 13.9. The first-order valence-electron chi connectivity index (χ1n) is 6.19. The van der Waals surface area contributed by atoms with Gasteiger partial charge in [-0.25, -0.2) is 8.42 Å². The molecule has 1 fully saturated rings. The molecule has 6 heteroatoms. The van der Waals surface area contributed by atoms with Gasteiger partial charge in [-0.2, -0.15) is 0 Å². The lowest BCUT2D eigenvalue weighted by molar-refractivity contribution is 0.0933. The molecule has 1 aliphatic heterocycles. The lowest BCUT2D eigenvalue weighted by Gasteiger charge is -2.23. The number of carbonyl (C=O) groups is 1. The average Bonchev–Trinajstić information content (AvgIpc) is 2.35. The van der Waals surface area contributed by atoms with Crippen LogP contribution < -0.4 is 5.32 Å². The van der Waals surface area contributed by atoms with Crippen LogP contribution in [-0.2, 0) is 9.84 Å². The number of phenols is 1. The van der Waals surface area contributed by atoms with Gasteiger partial charge < -0.3 is 10.4 Å². The molecule has 0 saturated carbocycles. The highest BCUT2D eigenvalue weighted by Crippen LogP contribution is 2.20. The lowest BCUT2D eigenvalue weighted by Crippen LogP contribution is -2.41. The quantitative estimate of drug-likeness (QED) is 0.848. The maximum absolute atomic E-state index is 12.1. The minimum absolute atomic E-state index is 0.0823. The molecule has 0 aromatic heterocycles. The summed E-state index contributed by atoms with van der Waals surface area (Å²) in [6.45, 7) is 1.68. The number of amides is 1. The highest BCUT2D eigenvalue weighted by atomic mass is 32.2. The fourth-order valence-corrected chi connectivity index (χ4v) is 3.66. The summed E-state index contributed by atoms with van der Waals surface area (Å²) < 4.78 is 22.6. The molecule has 0 unspecified atom stereocenters. The molecule has 2 N–H and O–H groups in total. The molecule has 1 heterocycles. The summed E-state index contributed by atoms with van der Waals surface area (Å²) in [4.78, 5) is 12.1. The Morgan fingerprint density at radius 3 is 2.58 bits per heavy atom. The summed E-state index contributed by atoms with van der Waals surface area (Å²) in [5.74, 6) is 0.0603. The van der Waals surface area contributed by atoms with Gasteiger partial charge in [-0.05, 0) is 31.9 Å².